The van der Waals surface area contributed by atoms with Crippen molar-refractivity contribution in [1.82, 2.24) is 0 Å². The maximum atomic E-state index is 6.16. The Morgan fingerprint density at radius 2 is 1.76 bits per heavy atom. The van der Waals surface area contributed by atoms with Crippen LogP contribution >= 0.6 is 23.2 Å². The van der Waals surface area contributed by atoms with E-state index >= 15 is 0 Å². The average Bonchev–Trinajstić information content (AvgIpc) is 2.34. The highest BCUT2D eigenvalue weighted by molar-refractivity contribution is 6.42. The maximum absolute atomic E-state index is 6.16. The first kappa shape index (κ1) is 13.2. The second kappa shape index (κ2) is 5.63. The smallest absolute Gasteiger partial charge is 0.0595 e. The molecule has 17 heavy (non-hydrogen) atoms. The third-order valence-corrected chi connectivity index (χ3v) is 4.81. The number of hydrogen-bond donors (Lipinski definition) is 0. The van der Waals surface area contributed by atoms with Gasteiger partial charge in [-0.1, -0.05) is 61.9 Å². The molecule has 0 N–H and O–H groups in total. The summed E-state index contributed by atoms with van der Waals surface area (Å²) in [5.74, 6) is 0. The summed E-state index contributed by atoms with van der Waals surface area (Å²) in [6.07, 6.45) is 9.19. The average molecular weight is 271 g/mol. The van der Waals surface area contributed by atoms with Crippen LogP contribution in [0.25, 0.3) is 0 Å². The summed E-state index contributed by atoms with van der Waals surface area (Å²) < 4.78 is 0. The zero-order valence-corrected chi connectivity index (χ0v) is 11.9. The summed E-state index contributed by atoms with van der Waals surface area (Å²) in [4.78, 5) is 0. The predicted octanol–water partition coefficient (Wildman–Crippen LogP) is 6.00. The van der Waals surface area contributed by atoms with Gasteiger partial charge in [0.25, 0.3) is 0 Å². The molecule has 0 aromatic heterocycles. The molecule has 0 atom stereocenters. The molecule has 1 fully saturated rings. The van der Waals surface area contributed by atoms with Crippen LogP contribution in [-0.2, 0) is 5.41 Å². The van der Waals surface area contributed by atoms with Crippen molar-refractivity contribution in [3.63, 3.8) is 0 Å². The van der Waals surface area contributed by atoms with Crippen LogP contribution in [0.2, 0.25) is 10.0 Å². The van der Waals surface area contributed by atoms with Crippen LogP contribution in [0, 0.1) is 0 Å². The van der Waals surface area contributed by atoms with Crippen molar-refractivity contribution in [3.05, 3.63) is 33.8 Å². The Labute approximate surface area is 114 Å². The summed E-state index contributed by atoms with van der Waals surface area (Å²) in [5, 5.41) is 1.36. The molecule has 0 nitrogen and oxygen atoms in total. The molecule has 1 aliphatic rings. The highest BCUT2D eigenvalue weighted by Crippen LogP contribution is 2.44. The van der Waals surface area contributed by atoms with E-state index < -0.39 is 0 Å². The van der Waals surface area contributed by atoms with Crippen molar-refractivity contribution in [1.29, 1.82) is 0 Å². The molecule has 1 aromatic rings. The molecule has 2 heteroatoms. The summed E-state index contributed by atoms with van der Waals surface area (Å²) in [7, 11) is 0. The van der Waals surface area contributed by atoms with Gasteiger partial charge in [0.15, 0.2) is 0 Å². The highest BCUT2D eigenvalue weighted by atomic mass is 35.5. The normalized spacial score (nSPS) is 19.2. The number of halogens is 2. The molecule has 1 aromatic carbocycles. The highest BCUT2D eigenvalue weighted by Gasteiger charge is 2.33. The minimum Gasteiger partial charge on any atom is -0.0827 e. The minimum absolute atomic E-state index is 0.362. The largest absolute Gasteiger partial charge is 0.0827 e. The molecule has 2 rings (SSSR count). The number of hydrogen-bond acceptors (Lipinski definition) is 0. The third-order valence-electron chi connectivity index (χ3n) is 4.07. The van der Waals surface area contributed by atoms with Crippen LogP contribution in [0.4, 0.5) is 0 Å². The maximum Gasteiger partial charge on any atom is 0.0595 e. The molecule has 0 saturated heterocycles. The molecule has 0 heterocycles. The molecule has 94 valence electrons. The van der Waals surface area contributed by atoms with E-state index in [9.17, 15) is 0 Å². The first-order valence-electron chi connectivity index (χ1n) is 6.63. The molecule has 0 radical (unpaired) electrons. The van der Waals surface area contributed by atoms with Gasteiger partial charge < -0.3 is 0 Å². The lowest BCUT2D eigenvalue weighted by Gasteiger charge is -2.38. The van der Waals surface area contributed by atoms with Gasteiger partial charge in [0, 0.05) is 0 Å². The molecule has 1 saturated carbocycles. The second-order valence-electron chi connectivity index (χ2n) is 5.22. The third kappa shape index (κ3) is 2.80. The van der Waals surface area contributed by atoms with Crippen molar-refractivity contribution < 1.29 is 0 Å². The van der Waals surface area contributed by atoms with E-state index in [0.717, 1.165) is 0 Å². The second-order valence-corrected chi connectivity index (χ2v) is 6.03. The van der Waals surface area contributed by atoms with Crippen LogP contribution in [-0.4, -0.2) is 0 Å². The van der Waals surface area contributed by atoms with Crippen LogP contribution in [0.3, 0.4) is 0 Å². The van der Waals surface area contributed by atoms with Gasteiger partial charge in [0.1, 0.15) is 0 Å². The van der Waals surface area contributed by atoms with Crippen LogP contribution < -0.4 is 0 Å². The molecule has 0 amide bonds. The zero-order chi connectivity index (χ0) is 12.3. The van der Waals surface area contributed by atoms with Gasteiger partial charge in [-0.25, -0.2) is 0 Å². The monoisotopic (exact) mass is 270 g/mol. The van der Waals surface area contributed by atoms with Crippen molar-refractivity contribution >= 4 is 23.2 Å². The summed E-state index contributed by atoms with van der Waals surface area (Å²) in [6, 6.07) is 6.21. The standard InChI is InChI=1S/C15H20Cl2/c1-2-8-15(9-4-3-5-10-15)12-6-7-13(16)14(17)11-12/h6-7,11H,2-5,8-10H2,1H3. The molecule has 0 spiro atoms. The molecular weight excluding hydrogens is 251 g/mol. The quantitative estimate of drug-likeness (QED) is 0.632. The van der Waals surface area contributed by atoms with Gasteiger partial charge >= 0.3 is 0 Å². The number of benzene rings is 1. The summed E-state index contributed by atoms with van der Waals surface area (Å²) in [5.41, 5.74) is 1.76. The summed E-state index contributed by atoms with van der Waals surface area (Å²) in [6.45, 7) is 2.27. The SMILES string of the molecule is CCCC1(c2ccc(Cl)c(Cl)c2)CCCCC1. The fourth-order valence-electron chi connectivity index (χ4n) is 3.22. The van der Waals surface area contributed by atoms with Gasteiger partial charge in [-0.15, -0.1) is 0 Å². The van der Waals surface area contributed by atoms with E-state index in [4.69, 9.17) is 23.2 Å². The van der Waals surface area contributed by atoms with E-state index in [1.165, 1.54) is 50.5 Å². The van der Waals surface area contributed by atoms with Crippen molar-refractivity contribution in [2.45, 2.75) is 57.3 Å². The predicted molar refractivity (Wildman–Crippen MR) is 76.1 cm³/mol. The number of rotatable bonds is 3. The Morgan fingerprint density at radius 1 is 1.06 bits per heavy atom. The van der Waals surface area contributed by atoms with Crippen molar-refractivity contribution in [3.8, 4) is 0 Å². The fraction of sp³-hybridized carbons (Fsp3) is 0.600. The van der Waals surface area contributed by atoms with Crippen molar-refractivity contribution in [2.75, 3.05) is 0 Å². The molecule has 1 aliphatic carbocycles. The Bertz CT molecular complexity index is 373. The first-order chi connectivity index (χ1) is 8.18. The van der Waals surface area contributed by atoms with Crippen LogP contribution in [0.15, 0.2) is 18.2 Å². The van der Waals surface area contributed by atoms with E-state index in [2.05, 4.69) is 19.1 Å². The van der Waals surface area contributed by atoms with Gasteiger partial charge in [-0.3, -0.25) is 0 Å². The van der Waals surface area contributed by atoms with E-state index in [1.807, 2.05) is 6.07 Å². The van der Waals surface area contributed by atoms with Gasteiger partial charge in [-0.2, -0.15) is 0 Å². The lowest BCUT2D eigenvalue weighted by Crippen LogP contribution is -2.28. The lowest BCUT2D eigenvalue weighted by molar-refractivity contribution is 0.271. The van der Waals surface area contributed by atoms with Crippen LogP contribution in [0.5, 0.6) is 0 Å². The van der Waals surface area contributed by atoms with Crippen LogP contribution in [0.1, 0.15) is 57.4 Å². The van der Waals surface area contributed by atoms with E-state index in [0.29, 0.717) is 15.5 Å². The topological polar surface area (TPSA) is 0 Å². The summed E-state index contributed by atoms with van der Waals surface area (Å²) >= 11 is 12.2. The first-order valence-corrected chi connectivity index (χ1v) is 7.39. The molecule has 0 unspecified atom stereocenters. The Hall–Kier alpha value is -0.200. The van der Waals surface area contributed by atoms with E-state index in [1.54, 1.807) is 0 Å². The van der Waals surface area contributed by atoms with Gasteiger partial charge in [0.05, 0.1) is 10.0 Å². The minimum atomic E-state index is 0.362. The Balaban J connectivity index is 2.34. The molecule has 0 aliphatic heterocycles. The van der Waals surface area contributed by atoms with E-state index in [-0.39, 0.29) is 0 Å². The lowest BCUT2D eigenvalue weighted by atomic mass is 9.67. The van der Waals surface area contributed by atoms with Gasteiger partial charge in [0.2, 0.25) is 0 Å². The van der Waals surface area contributed by atoms with Gasteiger partial charge in [-0.05, 0) is 42.4 Å². The van der Waals surface area contributed by atoms with Crippen molar-refractivity contribution in [2.24, 2.45) is 0 Å². The molecule has 0 bridgehead atoms. The fourth-order valence-corrected chi connectivity index (χ4v) is 3.51. The zero-order valence-electron chi connectivity index (χ0n) is 10.4. The Morgan fingerprint density at radius 3 is 2.35 bits per heavy atom. The molecular formula is C15H20Cl2. The Kier molecular flexibility index (Phi) is 4.38.